The van der Waals surface area contributed by atoms with Crippen LogP contribution in [0.15, 0.2) is 18.2 Å². The van der Waals surface area contributed by atoms with E-state index in [-0.39, 0.29) is 24.8 Å². The molecule has 1 unspecified atom stereocenters. The third-order valence-electron chi connectivity index (χ3n) is 3.00. The van der Waals surface area contributed by atoms with Crippen molar-refractivity contribution in [1.29, 1.82) is 0 Å². The number of fused-ring (bicyclic) bond motifs is 1. The van der Waals surface area contributed by atoms with E-state index in [2.05, 4.69) is 0 Å². The number of ketones is 1. The van der Waals surface area contributed by atoms with Crippen LogP contribution in [0.4, 0.5) is 0 Å². The summed E-state index contributed by atoms with van der Waals surface area (Å²) in [5, 5.41) is 0. The van der Waals surface area contributed by atoms with Gasteiger partial charge < -0.3 is 9.47 Å². The molecule has 1 atom stereocenters. The van der Waals surface area contributed by atoms with E-state index in [1.807, 2.05) is 19.1 Å². The molecule has 4 heteroatoms. The molecule has 2 rings (SSSR count). The van der Waals surface area contributed by atoms with Gasteiger partial charge in [0.15, 0.2) is 5.78 Å². The topological polar surface area (TPSA) is 52.6 Å². The molecule has 0 aliphatic carbocycles. The normalized spacial score (nSPS) is 17.9. The van der Waals surface area contributed by atoms with Gasteiger partial charge in [0.2, 0.25) is 0 Å². The van der Waals surface area contributed by atoms with E-state index in [0.717, 1.165) is 5.56 Å². The summed E-state index contributed by atoms with van der Waals surface area (Å²) < 4.78 is 10.4. The summed E-state index contributed by atoms with van der Waals surface area (Å²) >= 11 is 0. The zero-order chi connectivity index (χ0) is 13.1. The van der Waals surface area contributed by atoms with Gasteiger partial charge >= 0.3 is 5.97 Å². The van der Waals surface area contributed by atoms with E-state index in [0.29, 0.717) is 17.9 Å². The summed E-state index contributed by atoms with van der Waals surface area (Å²) in [6.07, 6.45) is 0.0834. The van der Waals surface area contributed by atoms with E-state index < -0.39 is 5.92 Å². The number of hydrogen-bond acceptors (Lipinski definition) is 4. The first kappa shape index (κ1) is 12.6. The minimum Gasteiger partial charge on any atom is -0.492 e. The van der Waals surface area contributed by atoms with Crippen LogP contribution in [0.1, 0.15) is 29.3 Å². The second-order valence-corrected chi connectivity index (χ2v) is 4.33. The Labute approximate surface area is 106 Å². The number of carbonyl (C=O) groups is 2. The molecule has 0 saturated carbocycles. The van der Waals surface area contributed by atoms with Gasteiger partial charge in [-0.3, -0.25) is 9.59 Å². The van der Waals surface area contributed by atoms with Crippen LogP contribution in [0.2, 0.25) is 0 Å². The highest BCUT2D eigenvalue weighted by atomic mass is 16.5. The quantitative estimate of drug-likeness (QED) is 0.769. The highest BCUT2D eigenvalue weighted by Gasteiger charge is 2.31. The van der Waals surface area contributed by atoms with Gasteiger partial charge in [0, 0.05) is 0 Å². The maximum absolute atomic E-state index is 12.2. The van der Waals surface area contributed by atoms with Crippen LogP contribution in [-0.2, 0) is 9.53 Å². The molecule has 0 fully saturated rings. The van der Waals surface area contributed by atoms with Gasteiger partial charge in [-0.05, 0) is 25.5 Å². The van der Waals surface area contributed by atoms with Crippen molar-refractivity contribution >= 4 is 11.8 Å². The van der Waals surface area contributed by atoms with Gasteiger partial charge in [-0.2, -0.15) is 0 Å². The summed E-state index contributed by atoms with van der Waals surface area (Å²) in [6.45, 7) is 4.22. The summed E-state index contributed by atoms with van der Waals surface area (Å²) in [5.41, 5.74) is 1.51. The third-order valence-corrected chi connectivity index (χ3v) is 3.00. The second-order valence-electron chi connectivity index (χ2n) is 4.33. The van der Waals surface area contributed by atoms with Crippen molar-refractivity contribution < 1.29 is 19.1 Å². The summed E-state index contributed by atoms with van der Waals surface area (Å²) in [5.74, 6) is -0.176. The molecule has 1 heterocycles. The monoisotopic (exact) mass is 248 g/mol. The van der Waals surface area contributed by atoms with Crippen molar-refractivity contribution in [1.82, 2.24) is 0 Å². The molecule has 1 aromatic rings. The smallest absolute Gasteiger partial charge is 0.306 e. The molecule has 18 heavy (non-hydrogen) atoms. The average molecular weight is 248 g/mol. The fourth-order valence-electron chi connectivity index (χ4n) is 2.09. The minimum absolute atomic E-state index is 0.0343. The Morgan fingerprint density at radius 1 is 1.50 bits per heavy atom. The van der Waals surface area contributed by atoms with Crippen LogP contribution in [0.3, 0.4) is 0 Å². The average Bonchev–Trinajstić information content (AvgIpc) is 2.34. The van der Waals surface area contributed by atoms with Crippen LogP contribution in [0.25, 0.3) is 0 Å². The van der Waals surface area contributed by atoms with Crippen LogP contribution in [0.5, 0.6) is 5.75 Å². The second kappa shape index (κ2) is 5.21. The van der Waals surface area contributed by atoms with Crippen molar-refractivity contribution in [3.05, 3.63) is 29.3 Å². The molecule has 0 amide bonds. The van der Waals surface area contributed by atoms with Crippen LogP contribution >= 0.6 is 0 Å². The fourth-order valence-corrected chi connectivity index (χ4v) is 2.09. The van der Waals surface area contributed by atoms with Crippen molar-refractivity contribution in [3.8, 4) is 5.75 Å². The minimum atomic E-state index is -0.432. The van der Waals surface area contributed by atoms with E-state index in [9.17, 15) is 9.59 Å². The number of rotatable bonds is 3. The lowest BCUT2D eigenvalue weighted by molar-refractivity contribution is -0.144. The number of Topliss-reactive ketones (excluding diaryl/α,β-unsaturated/α-hetero) is 1. The molecule has 4 nitrogen and oxygen atoms in total. The van der Waals surface area contributed by atoms with Crippen LogP contribution in [0, 0.1) is 12.8 Å². The standard InChI is InChI=1S/C14H16O4/c1-3-17-12(15)7-10-8-18-14-9(2)5-4-6-11(14)13(10)16/h4-6,10H,3,7-8H2,1-2H3. The Morgan fingerprint density at radius 2 is 2.28 bits per heavy atom. The first-order chi connectivity index (χ1) is 8.63. The van der Waals surface area contributed by atoms with Gasteiger partial charge in [-0.1, -0.05) is 12.1 Å². The predicted octanol–water partition coefficient (Wildman–Crippen LogP) is 2.14. The first-order valence-electron chi connectivity index (χ1n) is 6.05. The molecule has 0 saturated heterocycles. The van der Waals surface area contributed by atoms with Crippen molar-refractivity contribution in [2.75, 3.05) is 13.2 Å². The summed E-state index contributed by atoms with van der Waals surface area (Å²) in [4.78, 5) is 23.6. The SMILES string of the molecule is CCOC(=O)CC1COc2c(C)cccc2C1=O. The Kier molecular flexibility index (Phi) is 3.65. The van der Waals surface area contributed by atoms with Gasteiger partial charge in [0.1, 0.15) is 5.75 Å². The Morgan fingerprint density at radius 3 is 3.00 bits per heavy atom. The maximum Gasteiger partial charge on any atom is 0.306 e. The van der Waals surface area contributed by atoms with Crippen molar-refractivity contribution in [3.63, 3.8) is 0 Å². The van der Waals surface area contributed by atoms with Crippen LogP contribution in [-0.4, -0.2) is 25.0 Å². The van der Waals surface area contributed by atoms with Gasteiger partial charge in [-0.15, -0.1) is 0 Å². The largest absolute Gasteiger partial charge is 0.492 e. The molecule has 96 valence electrons. The predicted molar refractivity (Wildman–Crippen MR) is 65.7 cm³/mol. The highest BCUT2D eigenvalue weighted by Crippen LogP contribution is 2.31. The number of carbonyl (C=O) groups excluding carboxylic acids is 2. The number of para-hydroxylation sites is 1. The van der Waals surface area contributed by atoms with E-state index in [1.54, 1.807) is 13.0 Å². The number of aryl methyl sites for hydroxylation is 1. The molecule has 0 bridgehead atoms. The van der Waals surface area contributed by atoms with Crippen molar-refractivity contribution in [2.45, 2.75) is 20.3 Å². The number of ether oxygens (including phenoxy) is 2. The van der Waals surface area contributed by atoms with Crippen LogP contribution < -0.4 is 4.74 Å². The third kappa shape index (κ3) is 2.37. The molecule has 1 aliphatic rings. The van der Waals surface area contributed by atoms with E-state index >= 15 is 0 Å². The Balaban J connectivity index is 2.16. The molecule has 0 radical (unpaired) electrons. The highest BCUT2D eigenvalue weighted by molar-refractivity contribution is 6.03. The molecule has 0 aromatic heterocycles. The Bertz CT molecular complexity index is 479. The lowest BCUT2D eigenvalue weighted by Gasteiger charge is -2.24. The van der Waals surface area contributed by atoms with Crippen molar-refractivity contribution in [2.24, 2.45) is 5.92 Å². The molecule has 1 aliphatic heterocycles. The van der Waals surface area contributed by atoms with E-state index in [1.165, 1.54) is 0 Å². The number of esters is 1. The summed E-state index contributed by atoms with van der Waals surface area (Å²) in [6, 6.07) is 5.46. The van der Waals surface area contributed by atoms with Gasteiger partial charge in [0.05, 0.1) is 31.1 Å². The zero-order valence-corrected chi connectivity index (χ0v) is 10.6. The molecule has 0 N–H and O–H groups in total. The maximum atomic E-state index is 12.2. The zero-order valence-electron chi connectivity index (χ0n) is 10.6. The molecule has 1 aromatic carbocycles. The molecule has 0 spiro atoms. The van der Waals surface area contributed by atoms with Gasteiger partial charge in [0.25, 0.3) is 0 Å². The Hall–Kier alpha value is -1.84. The molecular weight excluding hydrogens is 232 g/mol. The lowest BCUT2D eigenvalue weighted by Crippen LogP contribution is -2.30. The number of hydrogen-bond donors (Lipinski definition) is 0. The lowest BCUT2D eigenvalue weighted by atomic mass is 9.91. The fraction of sp³-hybridized carbons (Fsp3) is 0.429. The summed E-state index contributed by atoms with van der Waals surface area (Å²) in [7, 11) is 0. The first-order valence-corrected chi connectivity index (χ1v) is 6.05. The van der Waals surface area contributed by atoms with E-state index in [4.69, 9.17) is 9.47 Å². The molecular formula is C14H16O4. The van der Waals surface area contributed by atoms with Gasteiger partial charge in [-0.25, -0.2) is 0 Å². The number of benzene rings is 1.